The highest BCUT2D eigenvalue weighted by molar-refractivity contribution is 5.87. The first-order valence-corrected chi connectivity index (χ1v) is 8.65. The number of carbonyl (C=O) groups is 2. The summed E-state index contributed by atoms with van der Waals surface area (Å²) in [4.78, 5) is 27.8. The van der Waals surface area contributed by atoms with Crippen molar-refractivity contribution in [1.82, 2.24) is 10.2 Å². The highest BCUT2D eigenvalue weighted by atomic mass is 16.3. The van der Waals surface area contributed by atoms with Gasteiger partial charge < -0.3 is 20.2 Å². The lowest BCUT2D eigenvalue weighted by molar-refractivity contribution is -0.134. The number of hydrogen-bond acceptors (Lipinski definition) is 4. The first kappa shape index (κ1) is 21.0. The zero-order valence-electron chi connectivity index (χ0n) is 16.0. The molecule has 0 unspecified atom stereocenters. The number of nitrogens with one attached hydrogen (secondary N) is 1. The Morgan fingerprint density at radius 1 is 1.16 bits per heavy atom. The summed E-state index contributed by atoms with van der Waals surface area (Å²) in [6.45, 7) is 8.09. The van der Waals surface area contributed by atoms with Gasteiger partial charge in [-0.25, -0.2) is 0 Å². The lowest BCUT2D eigenvalue weighted by Crippen LogP contribution is -2.48. The van der Waals surface area contributed by atoms with Gasteiger partial charge in [0.1, 0.15) is 0 Å². The summed E-state index contributed by atoms with van der Waals surface area (Å²) in [5, 5.41) is 12.8. The molecular formula is C19H31N3O3. The molecule has 0 spiro atoms. The Morgan fingerprint density at radius 3 is 2.28 bits per heavy atom. The van der Waals surface area contributed by atoms with Crippen LogP contribution in [0.5, 0.6) is 0 Å². The summed E-state index contributed by atoms with van der Waals surface area (Å²) >= 11 is 0. The molecule has 0 aliphatic heterocycles. The van der Waals surface area contributed by atoms with Crippen LogP contribution in [-0.2, 0) is 9.59 Å². The number of likely N-dealkylation sites (N-methyl/N-ethyl adjacent to an activating group) is 1. The summed E-state index contributed by atoms with van der Waals surface area (Å²) < 4.78 is 0. The molecule has 0 aliphatic rings. The van der Waals surface area contributed by atoms with Gasteiger partial charge in [0.25, 0.3) is 0 Å². The molecule has 6 heteroatoms. The van der Waals surface area contributed by atoms with Crippen LogP contribution in [0.4, 0.5) is 5.69 Å². The van der Waals surface area contributed by atoms with E-state index in [9.17, 15) is 14.7 Å². The van der Waals surface area contributed by atoms with Gasteiger partial charge in [0.2, 0.25) is 11.8 Å². The van der Waals surface area contributed by atoms with Gasteiger partial charge >= 0.3 is 0 Å². The number of amides is 2. The maximum absolute atomic E-state index is 12.5. The molecule has 0 saturated heterocycles. The van der Waals surface area contributed by atoms with Crippen molar-refractivity contribution in [1.29, 1.82) is 0 Å². The van der Waals surface area contributed by atoms with E-state index in [1.807, 2.05) is 62.9 Å². The van der Waals surface area contributed by atoms with Gasteiger partial charge in [-0.15, -0.1) is 0 Å². The van der Waals surface area contributed by atoms with Crippen LogP contribution in [0.15, 0.2) is 30.3 Å². The molecule has 1 aromatic rings. The molecule has 2 N–H and O–H groups in total. The van der Waals surface area contributed by atoms with Crippen LogP contribution >= 0.6 is 0 Å². The zero-order chi connectivity index (χ0) is 19.0. The van der Waals surface area contributed by atoms with Crippen LogP contribution in [0, 0.1) is 0 Å². The van der Waals surface area contributed by atoms with Crippen molar-refractivity contribution >= 4 is 17.5 Å². The second kappa shape index (κ2) is 9.42. The summed E-state index contributed by atoms with van der Waals surface area (Å²) in [6.07, 6.45) is 0.101. The molecule has 1 atom stereocenters. The van der Waals surface area contributed by atoms with Crippen molar-refractivity contribution < 1.29 is 14.7 Å². The van der Waals surface area contributed by atoms with E-state index >= 15 is 0 Å². The molecule has 0 saturated carbocycles. The van der Waals surface area contributed by atoms with Crippen LogP contribution in [0.3, 0.4) is 0 Å². The van der Waals surface area contributed by atoms with Gasteiger partial charge in [-0.1, -0.05) is 25.1 Å². The molecule has 0 bridgehead atoms. The van der Waals surface area contributed by atoms with Crippen molar-refractivity contribution in [2.75, 3.05) is 31.6 Å². The highest BCUT2D eigenvalue weighted by Gasteiger charge is 2.21. The average Bonchev–Trinajstić information content (AvgIpc) is 2.52. The molecular weight excluding hydrogens is 318 g/mol. The Labute approximate surface area is 150 Å². The number of hydrogen-bond donors (Lipinski definition) is 2. The minimum Gasteiger partial charge on any atom is -0.391 e. The van der Waals surface area contributed by atoms with Crippen LogP contribution in [0.1, 0.15) is 34.1 Å². The van der Waals surface area contributed by atoms with Crippen LogP contribution in [0.2, 0.25) is 0 Å². The van der Waals surface area contributed by atoms with Crippen molar-refractivity contribution in [3.05, 3.63) is 30.3 Å². The molecule has 140 valence electrons. The number of carbonyl (C=O) groups excluding carboxylic acids is 2. The normalized spacial score (nSPS) is 12.4. The van der Waals surface area contributed by atoms with Crippen molar-refractivity contribution in [2.24, 2.45) is 0 Å². The lowest BCUT2D eigenvalue weighted by atomic mass is 10.1. The number of para-hydroxylation sites is 1. The molecule has 0 aliphatic carbocycles. The van der Waals surface area contributed by atoms with Crippen molar-refractivity contribution in [3.8, 4) is 0 Å². The predicted molar refractivity (Wildman–Crippen MR) is 100 cm³/mol. The Morgan fingerprint density at radius 2 is 1.76 bits per heavy atom. The van der Waals surface area contributed by atoms with E-state index in [1.54, 1.807) is 7.05 Å². The fourth-order valence-corrected chi connectivity index (χ4v) is 2.33. The number of anilines is 1. The molecule has 1 rings (SSSR count). The first-order chi connectivity index (χ1) is 11.6. The van der Waals surface area contributed by atoms with E-state index in [2.05, 4.69) is 5.32 Å². The minimum atomic E-state index is -0.512. The molecule has 0 aromatic heterocycles. The number of rotatable bonds is 8. The van der Waals surface area contributed by atoms with E-state index in [0.29, 0.717) is 13.0 Å². The number of aliphatic hydroxyl groups excluding tert-OH is 1. The Bertz CT molecular complexity index is 555. The van der Waals surface area contributed by atoms with Crippen LogP contribution in [0.25, 0.3) is 0 Å². The molecule has 1 aromatic carbocycles. The molecule has 0 heterocycles. The van der Waals surface area contributed by atoms with Crippen LogP contribution < -0.4 is 10.2 Å². The molecule has 25 heavy (non-hydrogen) atoms. The number of benzene rings is 1. The van der Waals surface area contributed by atoms with E-state index in [-0.39, 0.29) is 30.4 Å². The topological polar surface area (TPSA) is 72.9 Å². The van der Waals surface area contributed by atoms with Gasteiger partial charge in [-0.3, -0.25) is 9.59 Å². The molecule has 2 amide bonds. The number of nitrogens with zero attached hydrogens (tertiary/aromatic N) is 2. The standard InChI is InChI=1S/C19H31N3O3/c1-6-16(23)12-22(15-10-8-7-9-11-15)14-18(25)21(5)13-17(24)20-19(2,3)4/h7-11,16,23H,6,12-14H2,1-5H3,(H,20,24)/t16-/m0/s1. The minimum absolute atomic E-state index is 0.00899. The van der Waals surface area contributed by atoms with Gasteiger partial charge in [0, 0.05) is 24.8 Å². The van der Waals surface area contributed by atoms with Crippen molar-refractivity contribution in [2.45, 2.75) is 45.8 Å². The summed E-state index contributed by atoms with van der Waals surface area (Å²) in [7, 11) is 1.62. The van der Waals surface area contributed by atoms with E-state index in [1.165, 1.54) is 4.90 Å². The summed E-state index contributed by atoms with van der Waals surface area (Å²) in [5.41, 5.74) is 0.540. The van der Waals surface area contributed by atoms with Gasteiger partial charge in [0.15, 0.2) is 0 Å². The predicted octanol–water partition coefficient (Wildman–Crippen LogP) is 1.64. The Kier molecular flexibility index (Phi) is 7.90. The van der Waals surface area contributed by atoms with E-state index < -0.39 is 6.10 Å². The third kappa shape index (κ3) is 8.03. The fraction of sp³-hybridized carbons (Fsp3) is 0.579. The maximum atomic E-state index is 12.5. The Hall–Kier alpha value is -2.08. The fourth-order valence-electron chi connectivity index (χ4n) is 2.33. The third-order valence-corrected chi connectivity index (χ3v) is 3.67. The molecule has 6 nitrogen and oxygen atoms in total. The van der Waals surface area contributed by atoms with E-state index in [4.69, 9.17) is 0 Å². The number of aliphatic hydroxyl groups is 1. The molecule has 0 radical (unpaired) electrons. The maximum Gasteiger partial charge on any atom is 0.242 e. The lowest BCUT2D eigenvalue weighted by Gasteiger charge is -2.29. The van der Waals surface area contributed by atoms with Gasteiger partial charge in [-0.2, -0.15) is 0 Å². The highest BCUT2D eigenvalue weighted by Crippen LogP contribution is 2.14. The van der Waals surface area contributed by atoms with Crippen LogP contribution in [-0.4, -0.2) is 60.1 Å². The zero-order valence-corrected chi connectivity index (χ0v) is 16.0. The summed E-state index contributed by atoms with van der Waals surface area (Å²) in [5.74, 6) is -0.362. The smallest absolute Gasteiger partial charge is 0.242 e. The third-order valence-electron chi connectivity index (χ3n) is 3.67. The second-order valence-corrected chi connectivity index (χ2v) is 7.33. The monoisotopic (exact) mass is 349 g/mol. The van der Waals surface area contributed by atoms with E-state index in [0.717, 1.165) is 5.69 Å². The molecule has 0 fully saturated rings. The quantitative estimate of drug-likeness (QED) is 0.748. The summed E-state index contributed by atoms with van der Waals surface area (Å²) in [6, 6.07) is 9.50. The van der Waals surface area contributed by atoms with Crippen molar-refractivity contribution in [3.63, 3.8) is 0 Å². The Balaban J connectivity index is 2.72. The van der Waals surface area contributed by atoms with Gasteiger partial charge in [0.05, 0.1) is 19.2 Å². The SMILES string of the molecule is CC[C@H](O)CN(CC(=O)N(C)CC(=O)NC(C)(C)C)c1ccccc1. The van der Waals surface area contributed by atoms with Gasteiger partial charge in [-0.05, 0) is 39.3 Å². The first-order valence-electron chi connectivity index (χ1n) is 8.65. The average molecular weight is 349 g/mol. The second-order valence-electron chi connectivity index (χ2n) is 7.33. The largest absolute Gasteiger partial charge is 0.391 e.